The molecule has 0 aliphatic heterocycles. The van der Waals surface area contributed by atoms with E-state index in [1.807, 2.05) is 12.1 Å². The van der Waals surface area contributed by atoms with Crippen LogP contribution < -0.4 is 10.6 Å². The molecule has 144 valence electrons. The Bertz CT molecular complexity index is 1010. The van der Waals surface area contributed by atoms with Crippen LogP contribution in [0.2, 0.25) is 0 Å². The minimum atomic E-state index is -0.875. The highest BCUT2D eigenvalue weighted by atomic mass is 32.2. The van der Waals surface area contributed by atoms with Gasteiger partial charge in [-0.25, -0.2) is 13.9 Å². The molecule has 1 unspecified atom stereocenters. The second-order valence-electron chi connectivity index (χ2n) is 7.00. The summed E-state index contributed by atoms with van der Waals surface area (Å²) in [6, 6.07) is 8.27. The molecule has 0 radical (unpaired) electrons. The third kappa shape index (κ3) is 4.25. The van der Waals surface area contributed by atoms with Crippen LogP contribution in [0.5, 0.6) is 17.4 Å². The predicted molar refractivity (Wildman–Crippen MR) is 102 cm³/mol. The van der Waals surface area contributed by atoms with Gasteiger partial charge in [0.25, 0.3) is 5.88 Å². The summed E-state index contributed by atoms with van der Waals surface area (Å²) in [5.41, 5.74) is 0.912. The second-order valence-corrected chi connectivity index (χ2v) is 8.54. The first kappa shape index (κ1) is 18.8. The number of hydrogen-bond acceptors (Lipinski definition) is 3. The molecule has 27 heavy (non-hydrogen) atoms. The van der Waals surface area contributed by atoms with E-state index in [0.29, 0.717) is 4.90 Å². The van der Waals surface area contributed by atoms with Crippen molar-refractivity contribution in [1.82, 2.24) is 14.5 Å². The van der Waals surface area contributed by atoms with E-state index >= 15 is 0 Å². The zero-order valence-corrected chi connectivity index (χ0v) is 15.9. The fraction of sp³-hybridized carbons (Fsp3) is 0.222. The van der Waals surface area contributed by atoms with E-state index in [1.54, 1.807) is 11.4 Å². The topological polar surface area (TPSA) is 92.0 Å². The molecule has 0 spiro atoms. The normalized spacial score (nSPS) is 12.1. The fourth-order valence-electron chi connectivity index (χ4n) is 2.40. The van der Waals surface area contributed by atoms with Crippen molar-refractivity contribution in [2.24, 2.45) is 0 Å². The molecule has 0 saturated carbocycles. The maximum Gasteiger partial charge on any atom is 0.271 e. The van der Waals surface area contributed by atoms with Crippen LogP contribution in [0, 0.1) is 11.6 Å². The number of benzene rings is 2. The number of nitrogens with two attached hydrogens (primary N) is 1. The number of aromatic nitrogens is 3. The number of halogens is 2. The molecule has 0 aliphatic carbocycles. The number of phenolic OH excluding ortho intramolecular Hbond substituents is 1. The lowest BCUT2D eigenvalue weighted by atomic mass is 9.87. The molecule has 0 aliphatic rings. The van der Waals surface area contributed by atoms with Crippen molar-refractivity contribution in [1.29, 1.82) is 0 Å². The average Bonchev–Trinajstić information content (AvgIpc) is 2.57. The molecule has 1 aromatic heterocycles. The summed E-state index contributed by atoms with van der Waals surface area (Å²) < 4.78 is 35.6. The molecular formula is C18H21F2N4O2S+. The molecule has 3 rings (SSSR count). The zero-order chi connectivity index (χ0) is 19.8. The summed E-state index contributed by atoms with van der Waals surface area (Å²) in [5, 5.41) is 14.6. The molecule has 9 heteroatoms. The predicted octanol–water partition coefficient (Wildman–Crippen LogP) is 4.79. The van der Waals surface area contributed by atoms with Crippen molar-refractivity contribution in [3.8, 4) is 22.3 Å². The van der Waals surface area contributed by atoms with Crippen LogP contribution in [0.3, 0.4) is 0 Å². The van der Waals surface area contributed by atoms with Crippen LogP contribution in [0.4, 0.5) is 8.78 Å². The van der Waals surface area contributed by atoms with Crippen molar-refractivity contribution in [3.63, 3.8) is 0 Å². The number of phenols is 1. The Morgan fingerprint density at radius 1 is 1.15 bits per heavy atom. The lowest BCUT2D eigenvalue weighted by Gasteiger charge is -2.18. The Balaban J connectivity index is 2.05. The number of nitrogens with zero attached hydrogens (tertiary/aromatic N) is 1. The summed E-state index contributed by atoms with van der Waals surface area (Å²) in [6.07, 6.45) is 0. The van der Waals surface area contributed by atoms with Crippen molar-refractivity contribution in [2.45, 2.75) is 26.2 Å². The summed E-state index contributed by atoms with van der Waals surface area (Å²) >= 11 is 0. The molecule has 0 saturated heterocycles. The Hall–Kier alpha value is -2.94. The van der Waals surface area contributed by atoms with E-state index in [4.69, 9.17) is 10.6 Å². The number of H-pyrrole nitrogens is 2. The molecule has 6 nitrogen and oxygen atoms in total. The van der Waals surface area contributed by atoms with Crippen molar-refractivity contribution in [3.05, 3.63) is 59.0 Å². The van der Waals surface area contributed by atoms with Gasteiger partial charge < -0.3 is 15.7 Å². The van der Waals surface area contributed by atoms with Gasteiger partial charge in [0.1, 0.15) is 16.5 Å². The van der Waals surface area contributed by atoms with Gasteiger partial charge in [-0.15, -0.1) is 0 Å². The first-order valence-electron chi connectivity index (χ1n) is 8.12. The number of rotatable bonds is 3. The number of nitrogen functional groups attached to an aromatic ring is 1. The second kappa shape index (κ2) is 6.99. The number of aromatic hydroxyl groups is 1. The molecule has 5 N–H and O–H groups in total. The van der Waals surface area contributed by atoms with Crippen LogP contribution in [-0.2, 0) is 5.41 Å². The van der Waals surface area contributed by atoms with Crippen molar-refractivity contribution in [2.75, 3.05) is 5.84 Å². The lowest BCUT2D eigenvalue weighted by Crippen LogP contribution is -2.17. The van der Waals surface area contributed by atoms with E-state index in [9.17, 15) is 13.9 Å². The Kier molecular flexibility index (Phi) is 4.88. The van der Waals surface area contributed by atoms with Gasteiger partial charge in [0.05, 0.1) is 0 Å². The number of hydrogen-bond donors (Lipinski definition) is 4. The minimum absolute atomic E-state index is 0.0849. The van der Waals surface area contributed by atoms with Gasteiger partial charge in [0, 0.05) is 12.1 Å². The molecule has 0 amide bonds. The largest absolute Gasteiger partial charge is 0.503 e. The SMILES string of the molecule is CC(C)(C)c1ccc(O)c(-[s+]2cc(Oc3cc(F)ccc3F)[nH]n(N)[nH]2)c1. The third-order valence-electron chi connectivity index (χ3n) is 3.83. The van der Waals surface area contributed by atoms with E-state index in [0.717, 1.165) is 28.7 Å². The first-order valence-corrected chi connectivity index (χ1v) is 9.41. The first-order chi connectivity index (χ1) is 12.6. The monoisotopic (exact) mass is 395 g/mol. The molecule has 1 atom stereocenters. The Morgan fingerprint density at radius 2 is 1.89 bits per heavy atom. The smallest absolute Gasteiger partial charge is 0.271 e. The molecule has 1 heterocycles. The number of nitrogens with one attached hydrogen (secondary N) is 2. The van der Waals surface area contributed by atoms with Gasteiger partial charge in [0.2, 0.25) is 10.3 Å². The van der Waals surface area contributed by atoms with Crippen LogP contribution >= 0.6 is 10.7 Å². The summed E-state index contributed by atoms with van der Waals surface area (Å²) in [4.78, 5) is 1.64. The molecule has 3 aromatic rings. The van der Waals surface area contributed by atoms with Gasteiger partial charge in [0.15, 0.2) is 17.3 Å². The van der Waals surface area contributed by atoms with Gasteiger partial charge in [-0.1, -0.05) is 36.2 Å². The molecule has 2 aromatic carbocycles. The quantitative estimate of drug-likeness (QED) is 0.379. The highest BCUT2D eigenvalue weighted by Crippen LogP contribution is 2.39. The van der Waals surface area contributed by atoms with E-state index in [-0.39, 0.29) is 22.8 Å². The van der Waals surface area contributed by atoms with Crippen LogP contribution in [0.1, 0.15) is 26.3 Å². The van der Waals surface area contributed by atoms with E-state index in [1.165, 1.54) is 0 Å². The highest BCUT2D eigenvalue weighted by Gasteiger charge is 2.23. The third-order valence-corrected chi connectivity index (χ3v) is 5.47. The molecular weight excluding hydrogens is 374 g/mol. The standard InChI is InChI=1S/C18H20F2N4O2S/c1-18(2,3)11-4-7-14(25)16(8-11)27-10-17(22-24(21)23-27)26-15-9-12(19)5-6-13(15)20/h4-10,22-23H,21H2,1-3H3/p+1. The van der Waals surface area contributed by atoms with E-state index < -0.39 is 22.3 Å². The highest BCUT2D eigenvalue weighted by molar-refractivity contribution is 7.33. The van der Waals surface area contributed by atoms with Crippen molar-refractivity contribution < 1.29 is 18.6 Å². The summed E-state index contributed by atoms with van der Waals surface area (Å²) in [7, 11) is -0.875. The average molecular weight is 395 g/mol. The number of aromatic amines is 2. The summed E-state index contributed by atoms with van der Waals surface area (Å²) in [6.45, 7) is 6.19. The molecule has 0 fully saturated rings. The fourth-order valence-corrected chi connectivity index (χ4v) is 3.80. The lowest BCUT2D eigenvalue weighted by molar-refractivity contribution is 0.408. The van der Waals surface area contributed by atoms with E-state index in [2.05, 4.69) is 30.4 Å². The van der Waals surface area contributed by atoms with Crippen LogP contribution in [0.15, 0.2) is 41.8 Å². The summed E-state index contributed by atoms with van der Waals surface area (Å²) in [5.74, 6) is 4.37. The molecule has 0 bridgehead atoms. The van der Waals surface area contributed by atoms with Crippen LogP contribution in [-0.4, -0.2) is 19.6 Å². The zero-order valence-electron chi connectivity index (χ0n) is 15.1. The van der Waals surface area contributed by atoms with Crippen LogP contribution in [0.25, 0.3) is 4.90 Å². The van der Waals surface area contributed by atoms with Gasteiger partial charge in [-0.05, 0) is 29.2 Å². The Labute approximate surface area is 157 Å². The maximum atomic E-state index is 13.8. The van der Waals surface area contributed by atoms with Gasteiger partial charge in [-0.2, -0.15) is 0 Å². The van der Waals surface area contributed by atoms with Gasteiger partial charge in [-0.3, -0.25) is 0 Å². The minimum Gasteiger partial charge on any atom is -0.503 e. The van der Waals surface area contributed by atoms with Gasteiger partial charge >= 0.3 is 0 Å². The van der Waals surface area contributed by atoms with Crippen molar-refractivity contribution >= 4 is 10.7 Å². The number of ether oxygens (including phenoxy) is 1. The maximum absolute atomic E-state index is 13.8. The Morgan fingerprint density at radius 3 is 2.59 bits per heavy atom.